The zero-order valence-electron chi connectivity index (χ0n) is 11.7. The zero-order valence-corrected chi connectivity index (χ0v) is 13.3. The molecule has 0 radical (unpaired) electrons. The van der Waals surface area contributed by atoms with Crippen molar-refractivity contribution >= 4 is 21.7 Å². The third-order valence-corrected chi connectivity index (χ3v) is 4.03. The highest BCUT2D eigenvalue weighted by Crippen LogP contribution is 2.21. The fraction of sp³-hybridized carbons (Fsp3) is 0.235. The van der Waals surface area contributed by atoms with Crippen LogP contribution in [0.1, 0.15) is 39.9 Å². The summed E-state index contributed by atoms with van der Waals surface area (Å²) >= 11 is 3.41. The molecule has 1 unspecified atom stereocenters. The summed E-state index contributed by atoms with van der Waals surface area (Å²) in [7, 11) is 0. The smallest absolute Gasteiger partial charge is 0.193 e. The molecule has 0 bridgehead atoms. The van der Waals surface area contributed by atoms with Crippen molar-refractivity contribution in [3.05, 3.63) is 69.2 Å². The maximum absolute atomic E-state index is 12.5. The van der Waals surface area contributed by atoms with Crippen LogP contribution in [-0.4, -0.2) is 12.3 Å². The Bertz CT molecular complexity index is 619. The summed E-state index contributed by atoms with van der Waals surface area (Å²) in [6, 6.07) is 13.5. The molecular formula is C17H18BrNO. The van der Waals surface area contributed by atoms with E-state index in [-0.39, 0.29) is 5.78 Å². The van der Waals surface area contributed by atoms with Gasteiger partial charge in [0, 0.05) is 15.6 Å². The minimum Gasteiger partial charge on any atom is -0.330 e. The molecule has 0 aliphatic heterocycles. The predicted octanol–water partition coefficient (Wildman–Crippen LogP) is 4.05. The number of carbonyl (C=O) groups is 1. The van der Waals surface area contributed by atoms with Crippen LogP contribution in [0.5, 0.6) is 0 Å². The molecule has 0 heterocycles. The molecule has 2 N–H and O–H groups in total. The Hall–Kier alpha value is -1.45. The largest absolute Gasteiger partial charge is 0.330 e. The average Bonchev–Trinajstić information content (AvgIpc) is 2.48. The quantitative estimate of drug-likeness (QED) is 0.859. The molecule has 0 amide bonds. The molecule has 20 heavy (non-hydrogen) atoms. The molecule has 0 saturated carbocycles. The van der Waals surface area contributed by atoms with E-state index in [9.17, 15) is 4.79 Å². The number of rotatable bonds is 4. The molecule has 104 valence electrons. The minimum atomic E-state index is 0.0516. The molecule has 2 rings (SSSR count). The molecular weight excluding hydrogens is 314 g/mol. The van der Waals surface area contributed by atoms with Gasteiger partial charge in [-0.15, -0.1) is 0 Å². The fourth-order valence-electron chi connectivity index (χ4n) is 2.09. The van der Waals surface area contributed by atoms with Crippen molar-refractivity contribution in [2.75, 3.05) is 6.54 Å². The van der Waals surface area contributed by atoms with Crippen LogP contribution in [0.3, 0.4) is 0 Å². The van der Waals surface area contributed by atoms with Gasteiger partial charge in [-0.2, -0.15) is 0 Å². The van der Waals surface area contributed by atoms with Crippen molar-refractivity contribution in [2.24, 2.45) is 5.73 Å². The lowest BCUT2D eigenvalue weighted by Crippen LogP contribution is -2.09. The van der Waals surface area contributed by atoms with E-state index in [2.05, 4.69) is 22.9 Å². The van der Waals surface area contributed by atoms with E-state index in [0.717, 1.165) is 21.2 Å². The standard InChI is InChI=1S/C17H18BrNO/c1-11-3-8-15(18)9-16(11)17(20)14-6-4-13(5-7-14)12(2)10-19/h3-9,12H,10,19H2,1-2H3. The Morgan fingerprint density at radius 1 is 1.20 bits per heavy atom. The van der Waals surface area contributed by atoms with E-state index < -0.39 is 0 Å². The van der Waals surface area contributed by atoms with Crippen LogP contribution in [0.4, 0.5) is 0 Å². The molecule has 0 spiro atoms. The van der Waals surface area contributed by atoms with Crippen LogP contribution >= 0.6 is 15.9 Å². The van der Waals surface area contributed by atoms with Gasteiger partial charge in [0.25, 0.3) is 0 Å². The van der Waals surface area contributed by atoms with Crippen molar-refractivity contribution in [1.82, 2.24) is 0 Å². The monoisotopic (exact) mass is 331 g/mol. The van der Waals surface area contributed by atoms with Crippen molar-refractivity contribution in [2.45, 2.75) is 19.8 Å². The van der Waals surface area contributed by atoms with Crippen LogP contribution in [0.15, 0.2) is 46.9 Å². The summed E-state index contributed by atoms with van der Waals surface area (Å²) in [5, 5.41) is 0. The van der Waals surface area contributed by atoms with Gasteiger partial charge in [0.1, 0.15) is 0 Å². The topological polar surface area (TPSA) is 43.1 Å². The molecule has 0 aromatic heterocycles. The van der Waals surface area contributed by atoms with Gasteiger partial charge in [0.2, 0.25) is 0 Å². The Morgan fingerprint density at radius 3 is 2.45 bits per heavy atom. The highest BCUT2D eigenvalue weighted by atomic mass is 79.9. The van der Waals surface area contributed by atoms with E-state index >= 15 is 0 Å². The second-order valence-electron chi connectivity index (χ2n) is 5.05. The predicted molar refractivity (Wildman–Crippen MR) is 86.2 cm³/mol. The number of aryl methyl sites for hydroxylation is 1. The summed E-state index contributed by atoms with van der Waals surface area (Å²) in [4.78, 5) is 12.5. The Kier molecular flexibility index (Phi) is 4.73. The molecule has 1 atom stereocenters. The maximum Gasteiger partial charge on any atom is 0.193 e. The van der Waals surface area contributed by atoms with Gasteiger partial charge in [-0.25, -0.2) is 0 Å². The number of hydrogen-bond acceptors (Lipinski definition) is 2. The van der Waals surface area contributed by atoms with Gasteiger partial charge < -0.3 is 5.73 Å². The Morgan fingerprint density at radius 2 is 1.85 bits per heavy atom. The first-order chi connectivity index (χ1) is 9.52. The lowest BCUT2D eigenvalue weighted by molar-refractivity contribution is 0.103. The second-order valence-corrected chi connectivity index (χ2v) is 5.96. The third-order valence-electron chi connectivity index (χ3n) is 3.54. The number of benzene rings is 2. The first kappa shape index (κ1) is 14.9. The Labute approximate surface area is 128 Å². The van der Waals surface area contributed by atoms with Gasteiger partial charge in [0.15, 0.2) is 5.78 Å². The molecule has 2 nitrogen and oxygen atoms in total. The van der Waals surface area contributed by atoms with Gasteiger partial charge in [0.05, 0.1) is 0 Å². The highest BCUT2D eigenvalue weighted by Gasteiger charge is 2.13. The summed E-state index contributed by atoms with van der Waals surface area (Å²) in [5.74, 6) is 0.363. The molecule has 0 aliphatic carbocycles. The highest BCUT2D eigenvalue weighted by molar-refractivity contribution is 9.10. The molecule has 0 aliphatic rings. The van der Waals surface area contributed by atoms with E-state index in [1.54, 1.807) is 0 Å². The average molecular weight is 332 g/mol. The van der Waals surface area contributed by atoms with E-state index in [4.69, 9.17) is 5.73 Å². The summed E-state index contributed by atoms with van der Waals surface area (Å²) in [6.07, 6.45) is 0. The minimum absolute atomic E-state index is 0.0516. The van der Waals surface area contributed by atoms with E-state index in [1.165, 1.54) is 0 Å². The van der Waals surface area contributed by atoms with Gasteiger partial charge >= 0.3 is 0 Å². The normalized spacial score (nSPS) is 12.2. The number of nitrogens with two attached hydrogens (primary N) is 1. The number of ketones is 1. The van der Waals surface area contributed by atoms with Crippen molar-refractivity contribution in [3.8, 4) is 0 Å². The second kappa shape index (κ2) is 6.33. The first-order valence-electron chi connectivity index (χ1n) is 6.64. The summed E-state index contributed by atoms with van der Waals surface area (Å²) in [5.41, 5.74) is 9.25. The first-order valence-corrected chi connectivity index (χ1v) is 7.43. The van der Waals surface area contributed by atoms with Crippen molar-refractivity contribution in [3.63, 3.8) is 0 Å². The van der Waals surface area contributed by atoms with Gasteiger partial charge in [-0.3, -0.25) is 4.79 Å². The van der Waals surface area contributed by atoms with Crippen LogP contribution in [0, 0.1) is 6.92 Å². The zero-order chi connectivity index (χ0) is 14.7. The van der Waals surface area contributed by atoms with E-state index in [0.29, 0.717) is 18.0 Å². The fourth-order valence-corrected chi connectivity index (χ4v) is 2.45. The molecule has 0 fully saturated rings. The van der Waals surface area contributed by atoms with Gasteiger partial charge in [-0.05, 0) is 42.6 Å². The van der Waals surface area contributed by atoms with Crippen LogP contribution in [0.2, 0.25) is 0 Å². The third kappa shape index (κ3) is 3.17. The molecule has 2 aromatic rings. The van der Waals surface area contributed by atoms with Crippen LogP contribution < -0.4 is 5.73 Å². The van der Waals surface area contributed by atoms with Crippen molar-refractivity contribution < 1.29 is 4.79 Å². The van der Waals surface area contributed by atoms with Crippen molar-refractivity contribution in [1.29, 1.82) is 0 Å². The number of carbonyl (C=O) groups excluding carboxylic acids is 1. The van der Waals surface area contributed by atoms with Crippen LogP contribution in [0.25, 0.3) is 0 Å². The lowest BCUT2D eigenvalue weighted by Gasteiger charge is -2.10. The SMILES string of the molecule is Cc1ccc(Br)cc1C(=O)c1ccc(C(C)CN)cc1. The van der Waals surface area contributed by atoms with Gasteiger partial charge in [-0.1, -0.05) is 53.2 Å². The van der Waals surface area contributed by atoms with Crippen LogP contribution in [-0.2, 0) is 0 Å². The number of hydrogen-bond donors (Lipinski definition) is 1. The molecule has 2 aromatic carbocycles. The summed E-state index contributed by atoms with van der Waals surface area (Å²) in [6.45, 7) is 4.64. The summed E-state index contributed by atoms with van der Waals surface area (Å²) < 4.78 is 0.917. The maximum atomic E-state index is 12.5. The lowest BCUT2D eigenvalue weighted by atomic mass is 9.95. The molecule has 0 saturated heterocycles. The Balaban J connectivity index is 2.32. The van der Waals surface area contributed by atoms with E-state index in [1.807, 2.05) is 49.4 Å². The number of halogens is 1. The molecule has 3 heteroatoms.